The normalized spacial score (nSPS) is 16.3. The largest absolute Gasteiger partial charge is 0.487 e. The van der Waals surface area contributed by atoms with Crippen molar-refractivity contribution in [1.29, 1.82) is 5.41 Å². The smallest absolute Gasteiger partial charge is 0.309 e. The monoisotopic (exact) mass is 407 g/mol. The summed E-state index contributed by atoms with van der Waals surface area (Å²) in [5, 5.41) is 12.2. The van der Waals surface area contributed by atoms with Crippen molar-refractivity contribution in [2.75, 3.05) is 7.11 Å². The first-order valence-corrected chi connectivity index (χ1v) is 10.3. The molecule has 2 aromatic rings. The number of aromatic nitrogens is 1. The second-order valence-electron chi connectivity index (χ2n) is 7.78. The summed E-state index contributed by atoms with van der Waals surface area (Å²) >= 11 is 0. The molecule has 1 aromatic carbocycles. The number of carbonyl (C=O) groups is 1. The third-order valence-electron chi connectivity index (χ3n) is 5.11. The number of allylic oxidation sites excluding steroid dienone is 2. The highest BCUT2D eigenvalue weighted by Crippen LogP contribution is 2.31. The van der Waals surface area contributed by atoms with E-state index >= 15 is 0 Å². The molecule has 158 valence electrons. The van der Waals surface area contributed by atoms with Gasteiger partial charge in [0.15, 0.2) is 0 Å². The van der Waals surface area contributed by atoms with E-state index in [1.165, 1.54) is 7.11 Å². The SMILES string of the molecule is COC(=O)[C@@H]1CCC(C(=N)c2cncc(OCc3ccccc3)c2)=C(NC(C)C)C1. The predicted molar refractivity (Wildman–Crippen MR) is 116 cm³/mol. The van der Waals surface area contributed by atoms with Crippen molar-refractivity contribution >= 4 is 11.7 Å². The zero-order valence-corrected chi connectivity index (χ0v) is 17.8. The molecule has 0 spiro atoms. The topological polar surface area (TPSA) is 84.3 Å². The van der Waals surface area contributed by atoms with Crippen LogP contribution in [0.4, 0.5) is 0 Å². The number of nitrogens with zero attached hydrogens (tertiary/aromatic N) is 1. The number of pyridine rings is 1. The molecule has 0 saturated carbocycles. The van der Waals surface area contributed by atoms with Crippen molar-refractivity contribution in [2.24, 2.45) is 5.92 Å². The summed E-state index contributed by atoms with van der Waals surface area (Å²) in [5.41, 5.74) is 4.05. The van der Waals surface area contributed by atoms with Crippen LogP contribution in [0.3, 0.4) is 0 Å². The van der Waals surface area contributed by atoms with Crippen molar-refractivity contribution in [2.45, 2.75) is 45.8 Å². The molecule has 0 bridgehead atoms. The summed E-state index contributed by atoms with van der Waals surface area (Å²) in [5.74, 6) is 0.261. The second kappa shape index (κ2) is 10.1. The Balaban J connectivity index is 1.79. The fraction of sp³-hybridized carbons (Fsp3) is 0.375. The van der Waals surface area contributed by atoms with E-state index < -0.39 is 0 Å². The molecular weight excluding hydrogens is 378 g/mol. The average Bonchev–Trinajstić information content (AvgIpc) is 2.77. The lowest BCUT2D eigenvalue weighted by Gasteiger charge is -2.28. The third-order valence-corrected chi connectivity index (χ3v) is 5.11. The summed E-state index contributed by atoms with van der Waals surface area (Å²) in [6, 6.07) is 12.0. The number of hydrogen-bond acceptors (Lipinski definition) is 6. The molecule has 6 heteroatoms. The number of benzene rings is 1. The molecule has 0 saturated heterocycles. The molecule has 0 amide bonds. The average molecular weight is 408 g/mol. The number of methoxy groups -OCH3 is 1. The van der Waals surface area contributed by atoms with Crippen LogP contribution >= 0.6 is 0 Å². The van der Waals surface area contributed by atoms with Gasteiger partial charge in [-0.25, -0.2) is 0 Å². The van der Waals surface area contributed by atoms with Crippen LogP contribution in [0.1, 0.15) is 44.2 Å². The summed E-state index contributed by atoms with van der Waals surface area (Å²) in [4.78, 5) is 16.3. The first-order valence-electron chi connectivity index (χ1n) is 10.3. The van der Waals surface area contributed by atoms with Crippen LogP contribution in [0, 0.1) is 11.3 Å². The zero-order valence-electron chi connectivity index (χ0n) is 17.8. The van der Waals surface area contributed by atoms with Gasteiger partial charge in [-0.3, -0.25) is 15.2 Å². The third kappa shape index (κ3) is 5.47. The Hall–Kier alpha value is -3.15. The summed E-state index contributed by atoms with van der Waals surface area (Å²) in [7, 11) is 1.42. The Kier molecular flexibility index (Phi) is 7.22. The van der Waals surface area contributed by atoms with Crippen molar-refractivity contribution < 1.29 is 14.3 Å². The Morgan fingerprint density at radius 2 is 2.03 bits per heavy atom. The number of nitrogens with one attached hydrogen (secondary N) is 2. The molecule has 1 atom stereocenters. The van der Waals surface area contributed by atoms with Crippen LogP contribution in [0.2, 0.25) is 0 Å². The Morgan fingerprint density at radius 1 is 1.27 bits per heavy atom. The van der Waals surface area contributed by atoms with E-state index in [1.807, 2.05) is 36.4 Å². The number of hydrogen-bond donors (Lipinski definition) is 2. The van der Waals surface area contributed by atoms with Gasteiger partial charge in [0.25, 0.3) is 0 Å². The van der Waals surface area contributed by atoms with Crippen LogP contribution < -0.4 is 10.1 Å². The zero-order chi connectivity index (χ0) is 21.5. The number of esters is 1. The maximum atomic E-state index is 12.0. The molecule has 1 heterocycles. The van der Waals surface area contributed by atoms with Gasteiger partial charge in [-0.15, -0.1) is 0 Å². The van der Waals surface area contributed by atoms with Crippen molar-refractivity contribution in [3.8, 4) is 5.75 Å². The molecule has 2 N–H and O–H groups in total. The van der Waals surface area contributed by atoms with Crippen LogP contribution in [0.25, 0.3) is 0 Å². The molecule has 1 aliphatic rings. The summed E-state index contributed by atoms with van der Waals surface area (Å²) < 4.78 is 10.8. The van der Waals surface area contributed by atoms with Gasteiger partial charge in [0.1, 0.15) is 12.4 Å². The van der Waals surface area contributed by atoms with Gasteiger partial charge in [-0.05, 0) is 43.9 Å². The van der Waals surface area contributed by atoms with Crippen LogP contribution in [0.5, 0.6) is 5.75 Å². The minimum Gasteiger partial charge on any atom is -0.487 e. The van der Waals surface area contributed by atoms with Gasteiger partial charge in [0.05, 0.1) is 24.9 Å². The van der Waals surface area contributed by atoms with Crippen LogP contribution in [-0.4, -0.2) is 29.8 Å². The highest BCUT2D eigenvalue weighted by Gasteiger charge is 2.29. The van der Waals surface area contributed by atoms with Gasteiger partial charge in [-0.2, -0.15) is 0 Å². The lowest BCUT2D eigenvalue weighted by Crippen LogP contribution is -2.32. The maximum absolute atomic E-state index is 12.0. The van der Waals surface area contributed by atoms with Crippen LogP contribution in [-0.2, 0) is 16.1 Å². The van der Waals surface area contributed by atoms with Crippen molar-refractivity contribution in [3.05, 3.63) is 71.2 Å². The molecule has 30 heavy (non-hydrogen) atoms. The molecule has 6 nitrogen and oxygen atoms in total. The standard InChI is InChI=1S/C24H29N3O3/c1-16(2)27-22-12-18(24(28)29-3)9-10-21(22)23(25)19-11-20(14-26-13-19)30-15-17-7-5-4-6-8-17/h4-8,11,13-14,16,18,25,27H,9-10,12,15H2,1-3H3/t18-/m1/s1. The van der Waals surface area contributed by atoms with E-state index in [9.17, 15) is 4.79 Å². The molecular formula is C24H29N3O3. The molecule has 1 aliphatic carbocycles. The summed E-state index contributed by atoms with van der Waals surface area (Å²) in [6.07, 6.45) is 5.22. The Bertz CT molecular complexity index is 922. The first kappa shape index (κ1) is 21.6. The highest BCUT2D eigenvalue weighted by molar-refractivity contribution is 6.11. The minimum absolute atomic E-state index is 0.175. The van der Waals surface area contributed by atoms with Gasteiger partial charge < -0.3 is 14.8 Å². The van der Waals surface area contributed by atoms with Gasteiger partial charge >= 0.3 is 5.97 Å². The van der Waals surface area contributed by atoms with E-state index in [0.717, 1.165) is 16.8 Å². The van der Waals surface area contributed by atoms with Gasteiger partial charge in [-0.1, -0.05) is 30.3 Å². The van der Waals surface area contributed by atoms with Gasteiger partial charge in [0, 0.05) is 29.9 Å². The van der Waals surface area contributed by atoms with E-state index in [2.05, 4.69) is 24.1 Å². The lowest BCUT2D eigenvalue weighted by atomic mass is 9.83. The van der Waals surface area contributed by atoms with E-state index in [1.54, 1.807) is 12.4 Å². The first-order chi connectivity index (χ1) is 14.5. The quantitative estimate of drug-likeness (QED) is 0.505. The molecule has 0 aliphatic heterocycles. The summed E-state index contributed by atoms with van der Waals surface area (Å²) in [6.45, 7) is 4.55. The molecule has 0 radical (unpaired) electrons. The minimum atomic E-state index is -0.193. The second-order valence-corrected chi connectivity index (χ2v) is 7.78. The number of rotatable bonds is 8. The van der Waals surface area contributed by atoms with Crippen molar-refractivity contribution in [3.63, 3.8) is 0 Å². The molecule has 3 rings (SSSR count). The predicted octanol–water partition coefficient (Wildman–Crippen LogP) is 4.25. The van der Waals surface area contributed by atoms with Gasteiger partial charge in [0.2, 0.25) is 0 Å². The lowest BCUT2D eigenvalue weighted by molar-refractivity contribution is -0.145. The van der Waals surface area contributed by atoms with Crippen LogP contribution in [0.15, 0.2) is 60.1 Å². The van der Waals surface area contributed by atoms with E-state index in [-0.39, 0.29) is 17.9 Å². The number of carbonyl (C=O) groups excluding carboxylic acids is 1. The van der Waals surface area contributed by atoms with E-state index in [0.29, 0.717) is 42.9 Å². The molecule has 0 unspecified atom stereocenters. The number of ether oxygens (including phenoxy) is 2. The Labute approximate surface area is 177 Å². The fourth-order valence-electron chi connectivity index (χ4n) is 3.63. The Morgan fingerprint density at radius 3 is 2.73 bits per heavy atom. The molecule has 0 fully saturated rings. The molecule has 1 aromatic heterocycles. The van der Waals surface area contributed by atoms with Crippen molar-refractivity contribution in [1.82, 2.24) is 10.3 Å². The maximum Gasteiger partial charge on any atom is 0.309 e. The highest BCUT2D eigenvalue weighted by atomic mass is 16.5. The fourth-order valence-corrected chi connectivity index (χ4v) is 3.63. The van der Waals surface area contributed by atoms with E-state index in [4.69, 9.17) is 14.9 Å².